The lowest BCUT2D eigenvalue weighted by Gasteiger charge is -2.30. The van der Waals surface area contributed by atoms with Crippen LogP contribution in [0.4, 0.5) is 5.69 Å². The summed E-state index contributed by atoms with van der Waals surface area (Å²) in [6.07, 6.45) is 2.15. The van der Waals surface area contributed by atoms with Crippen molar-refractivity contribution in [1.82, 2.24) is 4.90 Å². The first-order valence-corrected chi connectivity index (χ1v) is 6.48. The normalized spacial score (nSPS) is 17.7. The minimum atomic E-state index is -0.432. The molecule has 1 fully saturated rings. The second kappa shape index (κ2) is 5.59. The number of halogens is 1. The molecule has 0 spiro atoms. The maximum absolute atomic E-state index is 11.1. The van der Waals surface area contributed by atoms with Crippen LogP contribution in [0, 0.1) is 0 Å². The Hall–Kier alpha value is -1.26. The van der Waals surface area contributed by atoms with Gasteiger partial charge in [-0.3, -0.25) is 4.79 Å². The minimum Gasteiger partial charge on any atom is -0.381 e. The van der Waals surface area contributed by atoms with E-state index in [1.54, 1.807) is 18.2 Å². The number of benzene rings is 1. The lowest BCUT2D eigenvalue weighted by atomic mass is 10.0. The first-order chi connectivity index (χ1) is 8.56. The quantitative estimate of drug-likeness (QED) is 0.880. The Bertz CT molecular complexity index is 442. The fourth-order valence-corrected chi connectivity index (χ4v) is 2.33. The number of carbonyl (C=O) groups is 1. The SMILES string of the molecule is CN1CCC(Nc2cc(C(N)=O)ccc2Cl)CC1. The minimum absolute atomic E-state index is 0.404. The Kier molecular flexibility index (Phi) is 4.09. The van der Waals surface area contributed by atoms with Crippen LogP contribution in [0.15, 0.2) is 18.2 Å². The highest BCUT2D eigenvalue weighted by Gasteiger charge is 2.17. The number of hydrogen-bond acceptors (Lipinski definition) is 3. The Balaban J connectivity index is 2.08. The molecule has 1 aliphatic rings. The molecule has 0 saturated carbocycles. The van der Waals surface area contributed by atoms with Crippen LogP contribution in [0.25, 0.3) is 0 Å². The van der Waals surface area contributed by atoms with Crippen molar-refractivity contribution < 1.29 is 4.79 Å². The molecule has 1 aromatic rings. The number of nitrogens with zero attached hydrogens (tertiary/aromatic N) is 1. The van der Waals surface area contributed by atoms with E-state index in [0.717, 1.165) is 31.6 Å². The van der Waals surface area contributed by atoms with Gasteiger partial charge in [0.15, 0.2) is 0 Å². The average Bonchev–Trinajstić information content (AvgIpc) is 2.34. The number of hydrogen-bond donors (Lipinski definition) is 2. The summed E-state index contributed by atoms with van der Waals surface area (Å²) in [6, 6.07) is 5.48. The molecule has 1 aromatic carbocycles. The van der Waals surface area contributed by atoms with Gasteiger partial charge in [-0.05, 0) is 51.2 Å². The summed E-state index contributed by atoms with van der Waals surface area (Å²) in [7, 11) is 2.12. The number of anilines is 1. The van der Waals surface area contributed by atoms with E-state index in [0.29, 0.717) is 16.6 Å². The molecule has 0 unspecified atom stereocenters. The summed E-state index contributed by atoms with van der Waals surface area (Å²) >= 11 is 6.12. The van der Waals surface area contributed by atoms with E-state index in [2.05, 4.69) is 17.3 Å². The van der Waals surface area contributed by atoms with E-state index in [1.165, 1.54) is 0 Å². The summed E-state index contributed by atoms with van der Waals surface area (Å²) in [5, 5.41) is 4.02. The number of piperidine rings is 1. The number of likely N-dealkylation sites (tertiary alicyclic amines) is 1. The van der Waals surface area contributed by atoms with Crippen molar-refractivity contribution in [2.75, 3.05) is 25.5 Å². The lowest BCUT2D eigenvalue weighted by molar-refractivity contribution is 0.100. The van der Waals surface area contributed by atoms with Gasteiger partial charge in [0.1, 0.15) is 0 Å². The molecule has 98 valence electrons. The molecule has 2 rings (SSSR count). The molecule has 0 aromatic heterocycles. The Morgan fingerprint density at radius 2 is 2.11 bits per heavy atom. The zero-order valence-corrected chi connectivity index (χ0v) is 11.2. The fourth-order valence-electron chi connectivity index (χ4n) is 2.16. The third-order valence-electron chi connectivity index (χ3n) is 3.33. The molecule has 1 saturated heterocycles. The number of nitrogens with one attached hydrogen (secondary N) is 1. The van der Waals surface area contributed by atoms with E-state index in [9.17, 15) is 4.79 Å². The second-order valence-corrected chi connectivity index (χ2v) is 5.19. The number of amides is 1. The Morgan fingerprint density at radius 3 is 2.72 bits per heavy atom. The van der Waals surface area contributed by atoms with Crippen molar-refractivity contribution in [3.8, 4) is 0 Å². The molecule has 0 bridgehead atoms. The van der Waals surface area contributed by atoms with Crippen LogP contribution in [0.2, 0.25) is 5.02 Å². The lowest BCUT2D eigenvalue weighted by Crippen LogP contribution is -2.36. The third-order valence-corrected chi connectivity index (χ3v) is 3.66. The molecule has 0 radical (unpaired) electrons. The highest BCUT2D eigenvalue weighted by molar-refractivity contribution is 6.33. The van der Waals surface area contributed by atoms with Gasteiger partial charge >= 0.3 is 0 Å². The van der Waals surface area contributed by atoms with Gasteiger partial charge in [-0.15, -0.1) is 0 Å². The van der Waals surface area contributed by atoms with Crippen molar-refractivity contribution in [1.29, 1.82) is 0 Å². The smallest absolute Gasteiger partial charge is 0.248 e. The summed E-state index contributed by atoms with van der Waals surface area (Å²) in [6.45, 7) is 2.15. The standard InChI is InChI=1S/C13H18ClN3O/c1-17-6-4-10(5-7-17)16-12-8-9(13(15)18)2-3-11(12)14/h2-3,8,10,16H,4-7H2,1H3,(H2,15,18). The molecule has 18 heavy (non-hydrogen) atoms. The highest BCUT2D eigenvalue weighted by atomic mass is 35.5. The van der Waals surface area contributed by atoms with E-state index in [-0.39, 0.29) is 0 Å². The van der Waals surface area contributed by atoms with Gasteiger partial charge in [0.2, 0.25) is 5.91 Å². The van der Waals surface area contributed by atoms with E-state index >= 15 is 0 Å². The van der Waals surface area contributed by atoms with Crippen LogP contribution in [-0.2, 0) is 0 Å². The Labute approximate surface area is 112 Å². The molecule has 1 heterocycles. The molecule has 1 amide bonds. The number of carbonyl (C=O) groups excluding carboxylic acids is 1. The number of nitrogens with two attached hydrogens (primary N) is 1. The van der Waals surface area contributed by atoms with E-state index < -0.39 is 5.91 Å². The molecule has 0 aliphatic carbocycles. The Morgan fingerprint density at radius 1 is 1.44 bits per heavy atom. The predicted molar refractivity (Wildman–Crippen MR) is 74.1 cm³/mol. The topological polar surface area (TPSA) is 58.4 Å². The maximum atomic E-state index is 11.1. The molecule has 3 N–H and O–H groups in total. The molecule has 1 aliphatic heterocycles. The van der Waals surface area contributed by atoms with Crippen LogP contribution in [0.5, 0.6) is 0 Å². The average molecular weight is 268 g/mol. The summed E-state index contributed by atoms with van der Waals surface area (Å²) in [5.74, 6) is -0.432. The van der Waals surface area contributed by atoms with Crippen molar-refractivity contribution >= 4 is 23.2 Å². The second-order valence-electron chi connectivity index (χ2n) is 4.78. The summed E-state index contributed by atoms with van der Waals surface area (Å²) in [5.41, 5.74) is 6.54. The zero-order chi connectivity index (χ0) is 13.1. The molecule has 0 atom stereocenters. The summed E-state index contributed by atoms with van der Waals surface area (Å²) < 4.78 is 0. The van der Waals surface area contributed by atoms with Crippen LogP contribution < -0.4 is 11.1 Å². The van der Waals surface area contributed by atoms with Gasteiger partial charge in [0.05, 0.1) is 10.7 Å². The number of primary amides is 1. The van der Waals surface area contributed by atoms with Crippen LogP contribution in [0.3, 0.4) is 0 Å². The van der Waals surface area contributed by atoms with E-state index in [4.69, 9.17) is 17.3 Å². The van der Waals surface area contributed by atoms with Crippen LogP contribution in [0.1, 0.15) is 23.2 Å². The van der Waals surface area contributed by atoms with Gasteiger partial charge in [-0.1, -0.05) is 11.6 Å². The van der Waals surface area contributed by atoms with Gasteiger partial charge in [-0.25, -0.2) is 0 Å². The third kappa shape index (κ3) is 3.15. The zero-order valence-electron chi connectivity index (χ0n) is 10.4. The van der Waals surface area contributed by atoms with Crippen LogP contribution >= 0.6 is 11.6 Å². The summed E-state index contributed by atoms with van der Waals surface area (Å²) in [4.78, 5) is 13.4. The monoisotopic (exact) mass is 267 g/mol. The first-order valence-electron chi connectivity index (χ1n) is 6.10. The van der Waals surface area contributed by atoms with Crippen molar-refractivity contribution in [3.63, 3.8) is 0 Å². The highest BCUT2D eigenvalue weighted by Crippen LogP contribution is 2.25. The molecular weight excluding hydrogens is 250 g/mol. The van der Waals surface area contributed by atoms with Gasteiger partial charge < -0.3 is 16.0 Å². The van der Waals surface area contributed by atoms with Gasteiger partial charge in [-0.2, -0.15) is 0 Å². The van der Waals surface area contributed by atoms with Crippen LogP contribution in [-0.4, -0.2) is 37.0 Å². The number of rotatable bonds is 3. The molecular formula is C13H18ClN3O. The largest absolute Gasteiger partial charge is 0.381 e. The van der Waals surface area contributed by atoms with Gasteiger partial charge in [0.25, 0.3) is 0 Å². The first kappa shape index (κ1) is 13.2. The van der Waals surface area contributed by atoms with E-state index in [1.807, 2.05) is 0 Å². The predicted octanol–water partition coefficient (Wildman–Crippen LogP) is 1.95. The molecule has 4 nitrogen and oxygen atoms in total. The molecule has 5 heteroatoms. The maximum Gasteiger partial charge on any atom is 0.248 e. The van der Waals surface area contributed by atoms with Gasteiger partial charge in [0, 0.05) is 11.6 Å². The van der Waals surface area contributed by atoms with Crippen molar-refractivity contribution in [2.45, 2.75) is 18.9 Å². The fraction of sp³-hybridized carbons (Fsp3) is 0.462. The van der Waals surface area contributed by atoms with Crippen molar-refractivity contribution in [3.05, 3.63) is 28.8 Å². The van der Waals surface area contributed by atoms with Crippen molar-refractivity contribution in [2.24, 2.45) is 5.73 Å².